The Morgan fingerprint density at radius 3 is 1.90 bits per heavy atom. The third-order valence-corrected chi connectivity index (χ3v) is 7.82. The normalized spacial score (nSPS) is 12.0. The van der Waals surface area contributed by atoms with Gasteiger partial charge in [-0.1, -0.05) is 17.7 Å². The predicted molar refractivity (Wildman–Crippen MR) is 164 cm³/mol. The molecule has 0 fully saturated rings. The monoisotopic (exact) mass is 751 g/mol. The Bertz CT molecular complexity index is 1960. The number of ether oxygens (including phenoxy) is 1. The summed E-state index contributed by atoms with van der Waals surface area (Å²) in [4.78, 5) is 35.9. The fourth-order valence-electron chi connectivity index (χ4n) is 4.08. The highest BCUT2D eigenvalue weighted by molar-refractivity contribution is 7.90. The molecular weight excluding hydrogens is 727 g/mol. The van der Waals surface area contributed by atoms with E-state index in [-0.39, 0.29) is 23.1 Å². The molecule has 0 aliphatic carbocycles. The fourth-order valence-corrected chi connectivity index (χ4v) is 4.76. The summed E-state index contributed by atoms with van der Waals surface area (Å²) >= 11 is 5.56. The minimum Gasteiger partial charge on any atom is -0.437 e. The number of halogens is 8. The lowest BCUT2D eigenvalue weighted by Crippen LogP contribution is -2.42. The van der Waals surface area contributed by atoms with Gasteiger partial charge in [0.25, 0.3) is 0 Å². The lowest BCUT2D eigenvalue weighted by molar-refractivity contribution is -0.182. The second kappa shape index (κ2) is 15.0. The maximum Gasteiger partial charge on any atom is 0.416 e. The van der Waals surface area contributed by atoms with Crippen LogP contribution in [0.4, 0.5) is 36.4 Å². The largest absolute Gasteiger partial charge is 0.437 e. The third-order valence-electron chi connectivity index (χ3n) is 6.73. The zero-order valence-electron chi connectivity index (χ0n) is 26.1. The zero-order valence-corrected chi connectivity index (χ0v) is 27.7. The molecule has 19 heteroatoms. The van der Waals surface area contributed by atoms with Gasteiger partial charge >= 0.3 is 18.3 Å². The molecule has 0 unspecified atom stereocenters. The maximum atomic E-state index is 13.5. The van der Waals surface area contributed by atoms with Crippen LogP contribution in [0.2, 0.25) is 5.02 Å². The van der Waals surface area contributed by atoms with E-state index in [9.17, 15) is 48.7 Å². The van der Waals surface area contributed by atoms with Gasteiger partial charge in [-0.25, -0.2) is 22.6 Å². The van der Waals surface area contributed by atoms with E-state index in [1.807, 2.05) is 0 Å². The van der Waals surface area contributed by atoms with Gasteiger partial charge in [-0.05, 0) is 80.1 Å². The van der Waals surface area contributed by atoms with Gasteiger partial charge in [0.05, 0.1) is 28.3 Å². The number of amides is 1. The highest BCUT2D eigenvalue weighted by Crippen LogP contribution is 2.40. The van der Waals surface area contributed by atoms with Crippen molar-refractivity contribution in [3.05, 3.63) is 106 Å². The van der Waals surface area contributed by atoms with Crippen molar-refractivity contribution in [2.24, 2.45) is 0 Å². The van der Waals surface area contributed by atoms with E-state index in [1.54, 1.807) is 12.1 Å². The minimum absolute atomic E-state index is 0.0244. The molecular formula is C31H25ClF7N3O7S. The first-order valence-electron chi connectivity index (χ1n) is 13.6. The molecule has 268 valence electrons. The van der Waals surface area contributed by atoms with Crippen LogP contribution >= 0.6 is 11.6 Å². The number of carbonyl (C=O) groups is 2. The molecule has 1 N–H and O–H groups in total. The van der Waals surface area contributed by atoms with Gasteiger partial charge in [-0.2, -0.15) is 36.6 Å². The van der Waals surface area contributed by atoms with E-state index in [0.29, 0.717) is 17.2 Å². The van der Waals surface area contributed by atoms with Crippen LogP contribution in [0.1, 0.15) is 40.9 Å². The predicted octanol–water partition coefficient (Wildman–Crippen LogP) is 7.76. The lowest BCUT2D eigenvalue weighted by atomic mass is 9.81. The van der Waals surface area contributed by atoms with E-state index in [0.717, 1.165) is 50.4 Å². The number of aromatic nitrogens is 2. The minimum atomic E-state index is -5.13. The first-order chi connectivity index (χ1) is 22.9. The van der Waals surface area contributed by atoms with Crippen molar-refractivity contribution in [2.75, 3.05) is 18.2 Å². The smallest absolute Gasteiger partial charge is 0.416 e. The molecule has 10 nitrogen and oxygen atoms in total. The number of hydrogen-bond donors (Lipinski definition) is 1. The Kier molecular flexibility index (Phi) is 11.9. The summed E-state index contributed by atoms with van der Waals surface area (Å²) in [6.45, 7) is 2.24. The lowest BCUT2D eigenvalue weighted by Gasteiger charge is -2.31. The number of sulfone groups is 1. The summed E-state index contributed by atoms with van der Waals surface area (Å²) < 4.78 is 123. The topological polar surface area (TPSA) is 136 Å². The molecule has 0 spiro atoms. The summed E-state index contributed by atoms with van der Waals surface area (Å²) in [5.74, 6) is -2.95. The molecule has 3 aromatic carbocycles. The van der Waals surface area contributed by atoms with Crippen molar-refractivity contribution in [3.63, 3.8) is 0 Å². The van der Waals surface area contributed by atoms with E-state index >= 15 is 0 Å². The van der Waals surface area contributed by atoms with E-state index < -0.39 is 73.0 Å². The first-order valence-corrected chi connectivity index (χ1v) is 15.9. The molecule has 0 radical (unpaired) electrons. The molecule has 0 atom stereocenters. The average molecular weight is 752 g/mol. The van der Waals surface area contributed by atoms with Gasteiger partial charge in [0.15, 0.2) is 0 Å². The quantitative estimate of drug-likeness (QED) is 0.0870. The highest BCUT2D eigenvalue weighted by atomic mass is 35.5. The Balaban J connectivity index is 0.000000521. The van der Waals surface area contributed by atoms with Gasteiger partial charge in [-0.3, -0.25) is 9.68 Å². The van der Waals surface area contributed by atoms with Crippen LogP contribution in [0.5, 0.6) is 11.6 Å². The van der Waals surface area contributed by atoms with Crippen LogP contribution in [0, 0.1) is 5.82 Å². The van der Waals surface area contributed by atoms with Crippen LogP contribution in [0.3, 0.4) is 0 Å². The molecule has 0 saturated carbocycles. The molecule has 1 heterocycles. The van der Waals surface area contributed by atoms with Crippen LogP contribution in [-0.4, -0.2) is 48.8 Å². The standard InChI is InChI=1S/C24H20F7N3O4S.C7H5ClO3/c1-22(2,13-9-14(23(26,27)28)11-15(10-13)24(29,30)31)20(35)34(3)18-12-32-21(39(4,36)37)33-19(18)38-17-7-5-16(25)6-8-17;8-6-3-1-2-5(4-6)7(9)11-10/h5-12H,1-4H3;1-4,10H. The molecule has 1 amide bonds. The number of carbonyl (C=O) groups excluding carboxylic acids is 2. The van der Waals surface area contributed by atoms with Crippen LogP contribution in [0.25, 0.3) is 0 Å². The molecule has 0 aliphatic rings. The summed E-state index contributed by atoms with van der Waals surface area (Å²) in [5, 5.41) is 7.71. The molecule has 4 aromatic rings. The number of benzene rings is 3. The van der Waals surface area contributed by atoms with Gasteiger partial charge in [0.1, 0.15) is 17.3 Å². The summed E-state index contributed by atoms with van der Waals surface area (Å²) in [5.41, 5.74) is -5.81. The zero-order chi connectivity index (χ0) is 37.8. The fraction of sp³-hybridized carbons (Fsp3) is 0.226. The second-order valence-electron chi connectivity index (χ2n) is 10.8. The molecule has 4 rings (SSSR count). The summed E-state index contributed by atoms with van der Waals surface area (Å²) in [6.07, 6.45) is -8.57. The van der Waals surface area contributed by atoms with Crippen molar-refractivity contribution in [1.82, 2.24) is 9.97 Å². The number of rotatable bonds is 7. The Morgan fingerprint density at radius 2 is 1.42 bits per heavy atom. The maximum absolute atomic E-state index is 13.5. The van der Waals surface area contributed by atoms with Crippen molar-refractivity contribution < 1.29 is 63.6 Å². The number of likely N-dealkylation sites (N-methyl/N-ethyl adjacent to an activating group) is 1. The van der Waals surface area contributed by atoms with Crippen LogP contribution < -0.4 is 9.64 Å². The number of nitrogens with zero attached hydrogens (tertiary/aromatic N) is 3. The van der Waals surface area contributed by atoms with E-state index in [4.69, 9.17) is 21.6 Å². The van der Waals surface area contributed by atoms with Crippen LogP contribution in [0.15, 0.2) is 78.1 Å². The van der Waals surface area contributed by atoms with Crippen LogP contribution in [-0.2, 0) is 37.3 Å². The van der Waals surface area contributed by atoms with Gasteiger partial charge in [0.2, 0.25) is 26.8 Å². The van der Waals surface area contributed by atoms with Crippen molar-refractivity contribution in [3.8, 4) is 11.6 Å². The third kappa shape index (κ3) is 9.88. The highest BCUT2D eigenvalue weighted by Gasteiger charge is 2.41. The average Bonchev–Trinajstić information content (AvgIpc) is 3.03. The Morgan fingerprint density at radius 1 is 0.880 bits per heavy atom. The molecule has 1 aromatic heterocycles. The van der Waals surface area contributed by atoms with Crippen molar-refractivity contribution in [1.29, 1.82) is 0 Å². The number of hydrogen-bond acceptors (Lipinski definition) is 9. The van der Waals surface area contributed by atoms with Gasteiger partial charge < -0.3 is 9.64 Å². The molecule has 50 heavy (non-hydrogen) atoms. The molecule has 0 bridgehead atoms. The van der Waals surface area contributed by atoms with Gasteiger partial charge in [-0.15, -0.1) is 0 Å². The second-order valence-corrected chi connectivity index (χ2v) is 13.2. The number of alkyl halides is 6. The Labute approximate surface area is 284 Å². The van der Waals surface area contributed by atoms with E-state index in [1.165, 1.54) is 24.3 Å². The summed E-state index contributed by atoms with van der Waals surface area (Å²) in [7, 11) is -2.85. The molecule has 0 aliphatic heterocycles. The molecule has 0 saturated heterocycles. The Hall–Kier alpha value is -4.81. The first kappa shape index (κ1) is 39.6. The SMILES string of the molecule is CN(C(=O)C(C)(C)c1cc(C(F)(F)F)cc(C(F)(F)F)c1)c1cnc(S(C)(=O)=O)nc1Oc1ccc(F)cc1.O=C(OO)c1cccc(Cl)c1. The van der Waals surface area contributed by atoms with Crippen molar-refractivity contribution >= 4 is 39.0 Å². The van der Waals surface area contributed by atoms with Crippen molar-refractivity contribution in [2.45, 2.75) is 36.8 Å². The van der Waals surface area contributed by atoms with Gasteiger partial charge in [0, 0.05) is 18.3 Å². The van der Waals surface area contributed by atoms with E-state index in [2.05, 4.69) is 14.9 Å². The number of anilines is 1. The summed E-state index contributed by atoms with van der Waals surface area (Å²) in [6, 6.07) is 11.3.